The van der Waals surface area contributed by atoms with E-state index in [0.29, 0.717) is 38.4 Å². The molecule has 1 saturated heterocycles. The fraction of sp³-hybridized carbons (Fsp3) is 0.636. The van der Waals surface area contributed by atoms with Crippen molar-refractivity contribution < 1.29 is 19.4 Å². The van der Waals surface area contributed by atoms with Crippen molar-refractivity contribution in [3.8, 4) is 5.75 Å². The number of hydrogen-bond acceptors (Lipinski definition) is 4. The van der Waals surface area contributed by atoms with Crippen molar-refractivity contribution in [1.82, 2.24) is 10.2 Å². The number of amides is 2. The average molecular weight is 389 g/mol. The van der Waals surface area contributed by atoms with Gasteiger partial charge >= 0.3 is 6.09 Å². The summed E-state index contributed by atoms with van der Waals surface area (Å²) < 4.78 is 5.69. The Hall–Kier alpha value is -2.24. The van der Waals surface area contributed by atoms with Gasteiger partial charge in [-0.05, 0) is 62.1 Å². The normalized spacial score (nSPS) is 23.3. The molecular weight excluding hydrogens is 356 g/mol. The number of carbonyl (C=O) groups is 2. The zero-order valence-corrected chi connectivity index (χ0v) is 16.9. The number of benzene rings is 1. The summed E-state index contributed by atoms with van der Waals surface area (Å²) in [5.41, 5.74) is 1.76. The number of piperidine rings is 1. The number of phenols is 1. The molecule has 6 heteroatoms. The summed E-state index contributed by atoms with van der Waals surface area (Å²) in [6.45, 7) is 5.63. The van der Waals surface area contributed by atoms with E-state index in [4.69, 9.17) is 4.74 Å². The van der Waals surface area contributed by atoms with E-state index in [1.54, 1.807) is 11.0 Å². The van der Waals surface area contributed by atoms with Gasteiger partial charge in [-0.3, -0.25) is 4.79 Å². The van der Waals surface area contributed by atoms with Crippen LogP contribution < -0.4 is 5.32 Å². The first-order chi connectivity index (χ1) is 13.4. The molecule has 2 atom stereocenters. The molecule has 1 aromatic rings. The topological polar surface area (TPSA) is 78.9 Å². The SMILES string of the molecule is Cc1cc(CNC(=O)C2CCN(C(=O)O[C@H]3CCCC(C)C3)CC2)ccc1O. The Morgan fingerprint density at radius 1 is 1.21 bits per heavy atom. The molecule has 1 saturated carbocycles. The fourth-order valence-corrected chi connectivity index (χ4v) is 4.19. The van der Waals surface area contributed by atoms with Crippen LogP contribution in [-0.2, 0) is 16.1 Å². The van der Waals surface area contributed by atoms with E-state index in [1.165, 1.54) is 6.42 Å². The molecule has 1 unspecified atom stereocenters. The van der Waals surface area contributed by atoms with Crippen molar-refractivity contribution in [3.63, 3.8) is 0 Å². The number of phenolic OH excluding ortho intramolecular Hbond substituents is 1. The second kappa shape index (κ2) is 9.30. The fourth-order valence-electron chi connectivity index (χ4n) is 4.19. The summed E-state index contributed by atoms with van der Waals surface area (Å²) in [5.74, 6) is 0.840. The highest BCUT2D eigenvalue weighted by Gasteiger charge is 2.30. The number of ether oxygens (including phenoxy) is 1. The lowest BCUT2D eigenvalue weighted by Gasteiger charge is -2.33. The number of hydrogen-bond donors (Lipinski definition) is 2. The van der Waals surface area contributed by atoms with E-state index in [2.05, 4.69) is 12.2 Å². The maximum atomic E-state index is 12.5. The van der Waals surface area contributed by atoms with Crippen LogP contribution in [0.4, 0.5) is 4.79 Å². The van der Waals surface area contributed by atoms with E-state index < -0.39 is 0 Å². The van der Waals surface area contributed by atoms with E-state index in [-0.39, 0.29) is 29.8 Å². The van der Waals surface area contributed by atoms with Crippen LogP contribution >= 0.6 is 0 Å². The van der Waals surface area contributed by atoms with Gasteiger partial charge in [0.25, 0.3) is 0 Å². The number of carbonyl (C=O) groups excluding carboxylic acids is 2. The zero-order valence-electron chi connectivity index (χ0n) is 16.9. The molecule has 2 aliphatic rings. The lowest BCUT2D eigenvalue weighted by atomic mass is 9.89. The molecule has 2 amide bonds. The van der Waals surface area contributed by atoms with Crippen LogP contribution in [0.15, 0.2) is 18.2 Å². The molecule has 154 valence electrons. The molecule has 28 heavy (non-hydrogen) atoms. The highest BCUT2D eigenvalue weighted by molar-refractivity contribution is 5.79. The van der Waals surface area contributed by atoms with Gasteiger partial charge in [0.1, 0.15) is 11.9 Å². The Morgan fingerprint density at radius 2 is 1.96 bits per heavy atom. The first-order valence-electron chi connectivity index (χ1n) is 10.4. The number of nitrogens with one attached hydrogen (secondary N) is 1. The van der Waals surface area contributed by atoms with Gasteiger partial charge in [0, 0.05) is 25.6 Å². The van der Waals surface area contributed by atoms with Crippen molar-refractivity contribution in [2.75, 3.05) is 13.1 Å². The standard InChI is InChI=1S/C22H32N2O4/c1-15-4-3-5-19(12-15)28-22(27)24-10-8-18(9-11-24)21(26)23-14-17-6-7-20(25)16(2)13-17/h6-7,13,15,18-19,25H,3-5,8-12,14H2,1-2H3,(H,23,26)/t15?,19-/m0/s1. The van der Waals surface area contributed by atoms with Crippen molar-refractivity contribution in [2.24, 2.45) is 11.8 Å². The third-order valence-electron chi connectivity index (χ3n) is 6.01. The molecule has 1 heterocycles. The molecule has 3 rings (SSSR count). The molecule has 1 aliphatic carbocycles. The number of rotatable bonds is 4. The molecule has 1 aromatic carbocycles. The van der Waals surface area contributed by atoms with E-state index in [0.717, 1.165) is 30.4 Å². The molecule has 0 bridgehead atoms. The van der Waals surface area contributed by atoms with Crippen LogP contribution in [-0.4, -0.2) is 41.2 Å². The summed E-state index contributed by atoms with van der Waals surface area (Å²) in [6.07, 6.45) is 5.42. The lowest BCUT2D eigenvalue weighted by Crippen LogP contribution is -2.44. The van der Waals surface area contributed by atoms with Crippen LogP contribution in [0, 0.1) is 18.8 Å². The second-order valence-corrected chi connectivity index (χ2v) is 8.38. The highest BCUT2D eigenvalue weighted by Crippen LogP contribution is 2.27. The Morgan fingerprint density at radius 3 is 2.64 bits per heavy atom. The number of nitrogens with zero attached hydrogens (tertiary/aromatic N) is 1. The lowest BCUT2D eigenvalue weighted by molar-refractivity contribution is -0.126. The summed E-state index contributed by atoms with van der Waals surface area (Å²) in [6, 6.07) is 5.33. The van der Waals surface area contributed by atoms with Gasteiger partial charge < -0.3 is 20.1 Å². The third-order valence-corrected chi connectivity index (χ3v) is 6.01. The van der Waals surface area contributed by atoms with Gasteiger partial charge in [-0.15, -0.1) is 0 Å². The average Bonchev–Trinajstić information content (AvgIpc) is 2.69. The number of likely N-dealkylation sites (tertiary alicyclic amines) is 1. The van der Waals surface area contributed by atoms with Crippen LogP contribution in [0.3, 0.4) is 0 Å². The van der Waals surface area contributed by atoms with Gasteiger partial charge in [-0.1, -0.05) is 25.5 Å². The van der Waals surface area contributed by atoms with Crippen molar-refractivity contribution in [2.45, 2.75) is 65.0 Å². The number of aryl methyl sites for hydroxylation is 1. The molecule has 0 radical (unpaired) electrons. The van der Waals surface area contributed by atoms with Gasteiger partial charge in [0.15, 0.2) is 0 Å². The Balaban J connectivity index is 1.40. The second-order valence-electron chi connectivity index (χ2n) is 8.38. The Labute approximate surface area is 167 Å². The Kier molecular flexibility index (Phi) is 6.81. The summed E-state index contributed by atoms with van der Waals surface area (Å²) >= 11 is 0. The van der Waals surface area contributed by atoms with E-state index in [9.17, 15) is 14.7 Å². The Bertz CT molecular complexity index is 698. The summed E-state index contributed by atoms with van der Waals surface area (Å²) in [4.78, 5) is 26.6. The van der Waals surface area contributed by atoms with E-state index >= 15 is 0 Å². The minimum absolute atomic E-state index is 0.0276. The van der Waals surface area contributed by atoms with Crippen LogP contribution in [0.5, 0.6) is 5.75 Å². The van der Waals surface area contributed by atoms with Gasteiger partial charge in [-0.2, -0.15) is 0 Å². The van der Waals surface area contributed by atoms with Gasteiger partial charge in [-0.25, -0.2) is 4.79 Å². The minimum atomic E-state index is -0.225. The van der Waals surface area contributed by atoms with Crippen molar-refractivity contribution in [3.05, 3.63) is 29.3 Å². The minimum Gasteiger partial charge on any atom is -0.508 e. The molecular formula is C22H32N2O4. The molecule has 0 spiro atoms. The largest absolute Gasteiger partial charge is 0.508 e. The molecule has 6 nitrogen and oxygen atoms in total. The molecule has 1 aliphatic heterocycles. The zero-order chi connectivity index (χ0) is 20.1. The maximum Gasteiger partial charge on any atom is 0.410 e. The smallest absolute Gasteiger partial charge is 0.410 e. The van der Waals surface area contributed by atoms with E-state index in [1.807, 2.05) is 19.1 Å². The summed E-state index contributed by atoms with van der Waals surface area (Å²) in [5, 5.41) is 12.6. The van der Waals surface area contributed by atoms with Gasteiger partial charge in [0.2, 0.25) is 5.91 Å². The van der Waals surface area contributed by atoms with Crippen LogP contribution in [0.1, 0.15) is 56.6 Å². The summed E-state index contributed by atoms with van der Waals surface area (Å²) in [7, 11) is 0. The number of aromatic hydroxyl groups is 1. The van der Waals surface area contributed by atoms with Crippen LogP contribution in [0.25, 0.3) is 0 Å². The predicted octanol–water partition coefficient (Wildman–Crippen LogP) is 3.74. The third kappa shape index (κ3) is 5.40. The first-order valence-corrected chi connectivity index (χ1v) is 10.4. The molecule has 0 aromatic heterocycles. The predicted molar refractivity (Wildman–Crippen MR) is 107 cm³/mol. The highest BCUT2D eigenvalue weighted by atomic mass is 16.6. The van der Waals surface area contributed by atoms with Crippen LogP contribution in [0.2, 0.25) is 0 Å². The molecule has 2 fully saturated rings. The van der Waals surface area contributed by atoms with Crippen molar-refractivity contribution in [1.29, 1.82) is 0 Å². The monoisotopic (exact) mass is 388 g/mol. The maximum absolute atomic E-state index is 12.5. The van der Waals surface area contributed by atoms with Crippen molar-refractivity contribution >= 4 is 12.0 Å². The molecule has 2 N–H and O–H groups in total. The van der Waals surface area contributed by atoms with Gasteiger partial charge in [0.05, 0.1) is 0 Å². The first kappa shape index (κ1) is 20.5. The quantitative estimate of drug-likeness (QED) is 0.823.